The van der Waals surface area contributed by atoms with Gasteiger partial charge in [-0.2, -0.15) is 11.8 Å². The molecule has 144 valence electrons. The van der Waals surface area contributed by atoms with Crippen molar-refractivity contribution < 1.29 is 19.1 Å². The summed E-state index contributed by atoms with van der Waals surface area (Å²) in [6, 6.07) is 7.30. The summed E-state index contributed by atoms with van der Waals surface area (Å²) >= 11 is 2.73. The van der Waals surface area contributed by atoms with Crippen LogP contribution in [0.25, 0.3) is 0 Å². The Kier molecular flexibility index (Phi) is 10.4. The van der Waals surface area contributed by atoms with E-state index in [2.05, 4.69) is 5.32 Å². The first kappa shape index (κ1) is 22.6. The van der Waals surface area contributed by atoms with E-state index in [1.165, 1.54) is 14.0 Å². The largest absolute Gasteiger partial charge is 0.467 e. The van der Waals surface area contributed by atoms with Crippen LogP contribution in [0.1, 0.15) is 24.5 Å². The lowest BCUT2D eigenvalue weighted by Gasteiger charge is -2.21. The van der Waals surface area contributed by atoms with Crippen molar-refractivity contribution in [1.82, 2.24) is 5.32 Å². The molecule has 0 saturated carbocycles. The maximum absolute atomic E-state index is 12.8. The van der Waals surface area contributed by atoms with E-state index in [1.54, 1.807) is 11.8 Å². The minimum atomic E-state index is -0.664. The second-order valence-corrected chi connectivity index (χ2v) is 8.24. The molecule has 1 aromatic carbocycles. The molecule has 0 aromatic heterocycles. The highest BCUT2D eigenvalue weighted by molar-refractivity contribution is 8.13. The molecule has 5 nitrogen and oxygen atoms in total. The molecule has 0 heterocycles. The van der Waals surface area contributed by atoms with Crippen molar-refractivity contribution in [3.05, 3.63) is 35.4 Å². The van der Waals surface area contributed by atoms with Crippen LogP contribution in [0.3, 0.4) is 0 Å². The van der Waals surface area contributed by atoms with Gasteiger partial charge in [-0.1, -0.05) is 41.6 Å². The number of amides is 1. The molecule has 0 aliphatic rings. The standard InChI is InChI=1S/C19H27NO4S2/c1-13-5-7-15(8-6-13)11-16(12-26-14(2)21)18(22)20-17(9-10-25-4)19(23)24-3/h5-8,16-17H,9-12H2,1-4H3,(H,20,22)/t16?,17-/m0/s1. The number of hydrogen-bond donors (Lipinski definition) is 1. The molecule has 0 bridgehead atoms. The zero-order valence-electron chi connectivity index (χ0n) is 15.7. The Morgan fingerprint density at radius 1 is 1.19 bits per heavy atom. The first-order valence-electron chi connectivity index (χ1n) is 8.43. The van der Waals surface area contributed by atoms with Gasteiger partial charge in [0.2, 0.25) is 5.91 Å². The maximum Gasteiger partial charge on any atom is 0.328 e. The number of rotatable bonds is 10. The van der Waals surface area contributed by atoms with Crippen molar-refractivity contribution in [2.75, 3.05) is 24.9 Å². The first-order chi connectivity index (χ1) is 12.4. The molecule has 26 heavy (non-hydrogen) atoms. The number of benzene rings is 1. The SMILES string of the molecule is COC(=O)[C@H](CCSC)NC(=O)C(CSC(C)=O)Cc1ccc(C)cc1. The molecular formula is C19H27NO4S2. The van der Waals surface area contributed by atoms with Crippen LogP contribution >= 0.6 is 23.5 Å². The third-order valence-electron chi connectivity index (χ3n) is 3.87. The van der Waals surface area contributed by atoms with E-state index < -0.39 is 17.9 Å². The molecule has 0 fully saturated rings. The highest BCUT2D eigenvalue weighted by Gasteiger charge is 2.26. The van der Waals surface area contributed by atoms with Gasteiger partial charge in [0.05, 0.1) is 13.0 Å². The van der Waals surface area contributed by atoms with Gasteiger partial charge in [-0.15, -0.1) is 0 Å². The molecule has 1 unspecified atom stereocenters. The van der Waals surface area contributed by atoms with Gasteiger partial charge in [0.25, 0.3) is 0 Å². The smallest absolute Gasteiger partial charge is 0.328 e. The van der Waals surface area contributed by atoms with Crippen LogP contribution in [0, 0.1) is 12.8 Å². The van der Waals surface area contributed by atoms with Gasteiger partial charge in [0, 0.05) is 12.7 Å². The van der Waals surface area contributed by atoms with E-state index in [1.807, 2.05) is 37.4 Å². The third kappa shape index (κ3) is 8.27. The van der Waals surface area contributed by atoms with Gasteiger partial charge in [-0.25, -0.2) is 4.79 Å². The van der Waals surface area contributed by atoms with Gasteiger partial charge in [-0.05, 0) is 37.3 Å². The first-order valence-corrected chi connectivity index (χ1v) is 10.8. The molecule has 1 rings (SSSR count). The summed E-state index contributed by atoms with van der Waals surface area (Å²) < 4.78 is 4.80. The Balaban J connectivity index is 2.84. The highest BCUT2D eigenvalue weighted by Crippen LogP contribution is 2.17. The maximum atomic E-state index is 12.8. The van der Waals surface area contributed by atoms with Crippen molar-refractivity contribution in [2.24, 2.45) is 5.92 Å². The number of nitrogens with one attached hydrogen (secondary N) is 1. The van der Waals surface area contributed by atoms with Crippen molar-refractivity contribution in [1.29, 1.82) is 0 Å². The lowest BCUT2D eigenvalue weighted by molar-refractivity contribution is -0.145. The molecule has 1 amide bonds. The lowest BCUT2D eigenvalue weighted by Crippen LogP contribution is -2.45. The van der Waals surface area contributed by atoms with Gasteiger partial charge in [-0.3, -0.25) is 9.59 Å². The number of carbonyl (C=O) groups excluding carboxylic acids is 3. The van der Waals surface area contributed by atoms with E-state index in [-0.39, 0.29) is 11.0 Å². The Bertz CT molecular complexity index is 604. The van der Waals surface area contributed by atoms with E-state index >= 15 is 0 Å². The predicted molar refractivity (Wildman–Crippen MR) is 108 cm³/mol. The number of thioether (sulfide) groups is 2. The predicted octanol–water partition coefficient (Wildman–Crippen LogP) is 2.84. The normalized spacial score (nSPS) is 12.9. The lowest BCUT2D eigenvalue weighted by atomic mass is 9.99. The van der Waals surface area contributed by atoms with Gasteiger partial charge < -0.3 is 10.1 Å². The van der Waals surface area contributed by atoms with Gasteiger partial charge in [0.15, 0.2) is 5.12 Å². The van der Waals surface area contributed by atoms with Crippen molar-refractivity contribution in [3.63, 3.8) is 0 Å². The summed E-state index contributed by atoms with van der Waals surface area (Å²) in [5, 5.41) is 2.78. The summed E-state index contributed by atoms with van der Waals surface area (Å²) in [6.45, 7) is 3.49. The van der Waals surface area contributed by atoms with E-state index in [0.717, 1.165) is 28.6 Å². The van der Waals surface area contributed by atoms with Crippen LogP contribution in [0.5, 0.6) is 0 Å². The van der Waals surface area contributed by atoms with Crippen molar-refractivity contribution >= 4 is 40.5 Å². The fraction of sp³-hybridized carbons (Fsp3) is 0.526. The average Bonchev–Trinajstić information content (AvgIpc) is 2.62. The zero-order chi connectivity index (χ0) is 19.5. The van der Waals surface area contributed by atoms with Crippen LogP contribution in [0.2, 0.25) is 0 Å². The van der Waals surface area contributed by atoms with Crippen LogP contribution in [0.4, 0.5) is 0 Å². The summed E-state index contributed by atoms with van der Waals surface area (Å²) in [6.07, 6.45) is 2.97. The van der Waals surface area contributed by atoms with Crippen LogP contribution in [-0.4, -0.2) is 47.9 Å². The average molecular weight is 398 g/mol. The second kappa shape index (κ2) is 12.0. The zero-order valence-corrected chi connectivity index (χ0v) is 17.4. The second-order valence-electron chi connectivity index (χ2n) is 6.06. The minimum Gasteiger partial charge on any atom is -0.467 e. The molecule has 0 aliphatic carbocycles. The summed E-state index contributed by atoms with van der Waals surface area (Å²) in [5.74, 6) is 0.0562. The topological polar surface area (TPSA) is 72.5 Å². The monoisotopic (exact) mass is 397 g/mol. The Hall–Kier alpha value is -1.47. The van der Waals surface area contributed by atoms with Crippen LogP contribution < -0.4 is 5.32 Å². The Labute approximate surface area is 164 Å². The quantitative estimate of drug-likeness (QED) is 0.612. The number of esters is 1. The summed E-state index contributed by atoms with van der Waals surface area (Å²) in [5.41, 5.74) is 2.18. The highest BCUT2D eigenvalue weighted by atomic mass is 32.2. The molecule has 0 saturated heterocycles. The fourth-order valence-corrected chi connectivity index (χ4v) is 3.55. The number of carbonyl (C=O) groups is 3. The van der Waals surface area contributed by atoms with Gasteiger partial charge >= 0.3 is 5.97 Å². The summed E-state index contributed by atoms with van der Waals surface area (Å²) in [4.78, 5) is 36.0. The molecular weight excluding hydrogens is 370 g/mol. The number of aryl methyl sites for hydroxylation is 1. The van der Waals surface area contributed by atoms with Crippen LogP contribution in [0.15, 0.2) is 24.3 Å². The molecule has 0 radical (unpaired) electrons. The van der Waals surface area contributed by atoms with Crippen LogP contribution in [-0.2, 0) is 25.5 Å². The molecule has 1 N–H and O–H groups in total. The Morgan fingerprint density at radius 3 is 2.38 bits per heavy atom. The fourth-order valence-electron chi connectivity index (χ4n) is 2.37. The minimum absolute atomic E-state index is 0.0291. The molecule has 1 aromatic rings. The Morgan fingerprint density at radius 2 is 1.85 bits per heavy atom. The van der Waals surface area contributed by atoms with Crippen molar-refractivity contribution in [3.8, 4) is 0 Å². The van der Waals surface area contributed by atoms with E-state index in [0.29, 0.717) is 18.6 Å². The summed E-state index contributed by atoms with van der Waals surface area (Å²) in [7, 11) is 1.32. The molecule has 2 atom stereocenters. The molecule has 7 heteroatoms. The van der Waals surface area contributed by atoms with E-state index in [4.69, 9.17) is 4.74 Å². The molecule has 0 spiro atoms. The van der Waals surface area contributed by atoms with Crippen molar-refractivity contribution in [2.45, 2.75) is 32.7 Å². The van der Waals surface area contributed by atoms with E-state index in [9.17, 15) is 14.4 Å². The number of ether oxygens (including phenoxy) is 1. The molecule has 0 aliphatic heterocycles. The number of methoxy groups -OCH3 is 1. The third-order valence-corrected chi connectivity index (χ3v) is 5.49. The number of hydrogen-bond acceptors (Lipinski definition) is 6. The van der Waals surface area contributed by atoms with Gasteiger partial charge in [0.1, 0.15) is 6.04 Å².